The minimum Gasteiger partial charge on any atom is -0.548 e. The Balaban J connectivity index is 0.00000306. The third-order valence-corrected chi connectivity index (χ3v) is 4.93. The fourth-order valence-electron chi connectivity index (χ4n) is 3.19. The third kappa shape index (κ3) is 8.96. The maximum Gasteiger partial charge on any atom is 1.00 e. The van der Waals surface area contributed by atoms with E-state index in [1.54, 1.807) is 12.1 Å². The molecular formula is C22H19K2N5O6. The van der Waals surface area contributed by atoms with Crippen molar-refractivity contribution in [1.29, 1.82) is 0 Å². The zero-order valence-corrected chi connectivity index (χ0v) is 25.5. The number of nitrogens with one attached hydrogen (secondary N) is 1. The molecule has 2 aromatic carbocycles. The van der Waals surface area contributed by atoms with Gasteiger partial charge in [-0.25, -0.2) is 4.98 Å². The van der Waals surface area contributed by atoms with E-state index in [0.29, 0.717) is 29.6 Å². The Kier molecular flexibility index (Phi) is 13.1. The van der Waals surface area contributed by atoms with Crippen LogP contribution in [0.5, 0.6) is 0 Å². The topological polar surface area (TPSA) is 204 Å². The summed E-state index contributed by atoms with van der Waals surface area (Å²) in [6, 6.07) is 10.2. The second-order valence-electron chi connectivity index (χ2n) is 7.28. The minimum atomic E-state index is -2.04. The largest absolute Gasteiger partial charge is 1.00 e. The van der Waals surface area contributed by atoms with Gasteiger partial charge in [-0.3, -0.25) is 9.59 Å². The predicted molar refractivity (Wildman–Crippen MR) is 113 cm³/mol. The number of carbonyl (C=O) groups is 4. The van der Waals surface area contributed by atoms with Gasteiger partial charge in [0.1, 0.15) is 11.8 Å². The standard InChI is InChI=1S/C22H21N5O6.2K/c23-18-14-9-12(5-8-15(14)26-22(24)27-18)2-1-11-3-6-13(7-4-11)19(29)25-16(20(30)31)10-17(28)21(32)33;;/h3-9,16H,1-2,10H2,(H,25,29)(H,30,31)(H,32,33)(H4,23,24,26,27);;/q;2*+1/p-2. The molecule has 0 aliphatic heterocycles. The Hall–Kier alpha value is -1.27. The molecule has 1 atom stereocenters. The zero-order valence-electron chi connectivity index (χ0n) is 19.2. The number of carboxylic acids is 2. The van der Waals surface area contributed by atoms with Crippen LogP contribution in [0.4, 0.5) is 11.8 Å². The second-order valence-corrected chi connectivity index (χ2v) is 7.28. The molecule has 0 fully saturated rings. The summed E-state index contributed by atoms with van der Waals surface area (Å²) >= 11 is 0. The molecule has 0 radical (unpaired) electrons. The number of nitrogen functional groups attached to an aromatic ring is 2. The molecule has 0 bridgehead atoms. The van der Waals surface area contributed by atoms with Crippen LogP contribution in [0.15, 0.2) is 42.5 Å². The van der Waals surface area contributed by atoms with Gasteiger partial charge in [-0.05, 0) is 48.2 Å². The van der Waals surface area contributed by atoms with E-state index in [4.69, 9.17) is 11.5 Å². The van der Waals surface area contributed by atoms with Crippen molar-refractivity contribution in [3.63, 3.8) is 0 Å². The smallest absolute Gasteiger partial charge is 0.548 e. The van der Waals surface area contributed by atoms with Crippen LogP contribution in [0.25, 0.3) is 10.9 Å². The monoisotopic (exact) mass is 527 g/mol. The molecule has 0 aliphatic carbocycles. The number of carbonyl (C=O) groups excluding carboxylic acids is 4. The fraction of sp³-hybridized carbons (Fsp3) is 0.182. The number of anilines is 2. The van der Waals surface area contributed by atoms with Crippen molar-refractivity contribution in [2.45, 2.75) is 25.3 Å². The molecule has 1 aromatic heterocycles. The van der Waals surface area contributed by atoms with E-state index in [0.717, 1.165) is 11.1 Å². The van der Waals surface area contributed by atoms with Gasteiger partial charge in [0.25, 0.3) is 5.91 Å². The number of hydrogen-bond acceptors (Lipinski definition) is 10. The van der Waals surface area contributed by atoms with E-state index in [-0.39, 0.29) is 114 Å². The van der Waals surface area contributed by atoms with Gasteiger partial charge in [-0.1, -0.05) is 18.2 Å². The van der Waals surface area contributed by atoms with Crippen molar-refractivity contribution in [1.82, 2.24) is 15.3 Å². The first-order valence-electron chi connectivity index (χ1n) is 9.80. The normalized spacial score (nSPS) is 11.0. The fourth-order valence-corrected chi connectivity index (χ4v) is 3.19. The van der Waals surface area contributed by atoms with Crippen molar-refractivity contribution in [2.75, 3.05) is 11.5 Å². The van der Waals surface area contributed by atoms with Gasteiger partial charge >= 0.3 is 103 Å². The average molecular weight is 528 g/mol. The molecule has 0 saturated heterocycles. The van der Waals surface area contributed by atoms with E-state index in [1.807, 2.05) is 18.2 Å². The van der Waals surface area contributed by atoms with E-state index in [9.17, 15) is 29.4 Å². The zero-order chi connectivity index (χ0) is 24.1. The van der Waals surface area contributed by atoms with Gasteiger partial charge in [0.05, 0.1) is 17.5 Å². The van der Waals surface area contributed by atoms with Gasteiger partial charge in [-0.15, -0.1) is 0 Å². The number of nitrogens with two attached hydrogens (primary N) is 2. The summed E-state index contributed by atoms with van der Waals surface area (Å²) in [7, 11) is 0. The van der Waals surface area contributed by atoms with E-state index in [1.165, 1.54) is 12.1 Å². The first kappa shape index (κ1) is 31.8. The summed E-state index contributed by atoms with van der Waals surface area (Å²) in [6.45, 7) is 0. The third-order valence-electron chi connectivity index (χ3n) is 4.93. The van der Waals surface area contributed by atoms with Gasteiger partial charge < -0.3 is 36.6 Å². The Bertz CT molecular complexity index is 1250. The van der Waals surface area contributed by atoms with Crippen molar-refractivity contribution in [3.05, 3.63) is 59.2 Å². The van der Waals surface area contributed by atoms with Crippen molar-refractivity contribution in [3.8, 4) is 0 Å². The van der Waals surface area contributed by atoms with Crippen LogP contribution in [0.1, 0.15) is 27.9 Å². The molecule has 3 rings (SSSR count). The van der Waals surface area contributed by atoms with Crippen LogP contribution in [-0.2, 0) is 27.2 Å². The summed E-state index contributed by atoms with van der Waals surface area (Å²) < 4.78 is 0. The molecule has 11 nitrogen and oxygen atoms in total. The van der Waals surface area contributed by atoms with Crippen LogP contribution >= 0.6 is 0 Å². The number of aromatic nitrogens is 2. The number of amides is 1. The Morgan fingerprint density at radius 3 is 2.09 bits per heavy atom. The molecule has 0 aliphatic rings. The number of fused-ring (bicyclic) bond motifs is 1. The maximum absolute atomic E-state index is 12.3. The van der Waals surface area contributed by atoms with Crippen molar-refractivity contribution >= 4 is 46.3 Å². The molecule has 13 heteroatoms. The Morgan fingerprint density at radius 2 is 1.49 bits per heavy atom. The number of Topliss-reactive ketones (excluding diaryl/α,β-unsaturated/α-hetero) is 1. The first-order chi connectivity index (χ1) is 15.6. The van der Waals surface area contributed by atoms with Gasteiger partial charge in [0, 0.05) is 17.4 Å². The summed E-state index contributed by atoms with van der Waals surface area (Å²) in [4.78, 5) is 53.2. The Morgan fingerprint density at radius 1 is 0.886 bits per heavy atom. The number of rotatable bonds is 9. The molecule has 0 spiro atoms. The molecule has 35 heavy (non-hydrogen) atoms. The summed E-state index contributed by atoms with van der Waals surface area (Å²) in [6.07, 6.45) is 0.344. The van der Waals surface area contributed by atoms with Crippen molar-refractivity contribution in [2.24, 2.45) is 0 Å². The van der Waals surface area contributed by atoms with E-state index in [2.05, 4.69) is 15.3 Å². The SMILES string of the molecule is Nc1nc(N)c2cc(CCc3ccc(C(=O)NC(CC(=O)C(=O)[O-])C(=O)[O-])cc3)ccc2n1.[K+].[K+]. The van der Waals surface area contributed by atoms with Crippen LogP contribution in [0, 0.1) is 0 Å². The number of ketones is 1. The quantitative estimate of drug-likeness (QED) is 0.177. The molecule has 170 valence electrons. The Labute approximate surface area is 285 Å². The number of carboxylic acid groups (broad SMARTS) is 2. The number of aryl methyl sites for hydroxylation is 2. The van der Waals surface area contributed by atoms with Crippen LogP contribution in [0.3, 0.4) is 0 Å². The summed E-state index contributed by atoms with van der Waals surface area (Å²) in [5.41, 5.74) is 14.2. The number of benzene rings is 2. The summed E-state index contributed by atoms with van der Waals surface area (Å²) in [5, 5.41) is 24.4. The first-order valence-corrected chi connectivity index (χ1v) is 9.80. The molecule has 0 saturated carbocycles. The van der Waals surface area contributed by atoms with Crippen molar-refractivity contribution < 1.29 is 132 Å². The summed E-state index contributed by atoms with van der Waals surface area (Å²) in [5.74, 6) is -5.65. The van der Waals surface area contributed by atoms with Crippen LogP contribution in [-0.4, -0.2) is 39.6 Å². The predicted octanol–water partition coefficient (Wildman–Crippen LogP) is -7.86. The van der Waals surface area contributed by atoms with Gasteiger partial charge in [0.15, 0.2) is 5.78 Å². The maximum atomic E-state index is 12.3. The number of nitrogens with zero attached hydrogens (tertiary/aromatic N) is 2. The van der Waals surface area contributed by atoms with Gasteiger partial charge in [-0.2, -0.15) is 4.98 Å². The molecule has 1 amide bonds. The average Bonchev–Trinajstić information content (AvgIpc) is 2.77. The van der Waals surface area contributed by atoms with Crippen LogP contribution < -0.4 is 130 Å². The molecule has 1 heterocycles. The molecule has 1 unspecified atom stereocenters. The molecular weight excluding hydrogens is 508 g/mol. The molecule has 5 N–H and O–H groups in total. The van der Waals surface area contributed by atoms with E-state index < -0.39 is 36.1 Å². The van der Waals surface area contributed by atoms with Gasteiger partial charge in [0.2, 0.25) is 5.95 Å². The second kappa shape index (κ2) is 14.5. The minimum absolute atomic E-state index is 0. The van der Waals surface area contributed by atoms with E-state index >= 15 is 0 Å². The van der Waals surface area contributed by atoms with Crippen LogP contribution in [0.2, 0.25) is 0 Å². The molecule has 3 aromatic rings. The number of hydrogen-bond donors (Lipinski definition) is 3. The number of aliphatic carboxylic acids is 2.